The summed E-state index contributed by atoms with van der Waals surface area (Å²) in [6.07, 6.45) is 0.171. The zero-order valence-electron chi connectivity index (χ0n) is 17.1. The van der Waals surface area contributed by atoms with Crippen molar-refractivity contribution in [1.82, 2.24) is 0 Å². The summed E-state index contributed by atoms with van der Waals surface area (Å²) in [5.41, 5.74) is -1.90. The average molecular weight is 401 g/mol. The van der Waals surface area contributed by atoms with E-state index in [4.69, 9.17) is 9.16 Å². The molecule has 150 valence electrons. The summed E-state index contributed by atoms with van der Waals surface area (Å²) < 4.78 is 26.5. The lowest BCUT2D eigenvalue weighted by atomic mass is 10.2. The van der Waals surface area contributed by atoms with Crippen LogP contribution in [0.3, 0.4) is 0 Å². The fraction of sp³-hybridized carbons (Fsp3) is 0.435. The van der Waals surface area contributed by atoms with Gasteiger partial charge in [-0.15, -0.1) is 0 Å². The van der Waals surface area contributed by atoms with Crippen LogP contribution in [0.4, 0.5) is 4.39 Å². The summed E-state index contributed by atoms with van der Waals surface area (Å²) in [6.45, 7) is 8.63. The molecule has 1 fully saturated rings. The number of benzene rings is 2. The molecule has 3 rings (SSSR count). The number of ether oxygens (including phenoxy) is 1. The zero-order chi connectivity index (χ0) is 20.4. The molecule has 2 aromatic carbocycles. The molecule has 0 heterocycles. The molecule has 0 spiro atoms. The maximum Gasteiger partial charge on any atom is 0.344 e. The standard InChI is InChI=1S/C23H29FO3Si/c1-5-26-21(25)23(24)16-18(23)17-27-28(22(2,3)4,19-12-8-6-9-13-19)20-14-10-7-11-15-20/h6-15,18H,5,16-17H2,1-4H3/t18-,23-/m0/s1. The maximum absolute atomic E-state index is 14.9. The van der Waals surface area contributed by atoms with Crippen LogP contribution in [0.15, 0.2) is 60.7 Å². The Kier molecular flexibility index (Phi) is 5.78. The molecule has 5 heteroatoms. The van der Waals surface area contributed by atoms with Crippen molar-refractivity contribution in [3.63, 3.8) is 0 Å². The van der Waals surface area contributed by atoms with Crippen molar-refractivity contribution in [2.75, 3.05) is 13.2 Å². The number of carbonyl (C=O) groups is 1. The van der Waals surface area contributed by atoms with Gasteiger partial charge in [0.25, 0.3) is 8.32 Å². The normalized spacial score (nSPS) is 22.0. The molecule has 3 nitrogen and oxygen atoms in total. The van der Waals surface area contributed by atoms with Crippen molar-refractivity contribution in [2.45, 2.75) is 44.8 Å². The van der Waals surface area contributed by atoms with Crippen LogP contribution in [0, 0.1) is 5.92 Å². The van der Waals surface area contributed by atoms with Gasteiger partial charge in [-0.25, -0.2) is 9.18 Å². The fourth-order valence-electron chi connectivity index (χ4n) is 3.98. The summed E-state index contributed by atoms with van der Waals surface area (Å²) in [7, 11) is -2.71. The smallest absolute Gasteiger partial charge is 0.344 e. The molecule has 2 aromatic rings. The molecule has 0 amide bonds. The van der Waals surface area contributed by atoms with Crippen molar-refractivity contribution in [3.8, 4) is 0 Å². The Morgan fingerprint density at radius 1 is 1.07 bits per heavy atom. The van der Waals surface area contributed by atoms with Crippen LogP contribution >= 0.6 is 0 Å². The Balaban J connectivity index is 1.95. The van der Waals surface area contributed by atoms with Crippen molar-refractivity contribution in [3.05, 3.63) is 60.7 Å². The van der Waals surface area contributed by atoms with E-state index < -0.39 is 25.9 Å². The topological polar surface area (TPSA) is 35.5 Å². The quantitative estimate of drug-likeness (QED) is 0.523. The highest BCUT2D eigenvalue weighted by molar-refractivity contribution is 6.99. The van der Waals surface area contributed by atoms with Crippen LogP contribution in [-0.4, -0.2) is 33.2 Å². The molecular weight excluding hydrogens is 371 g/mol. The Morgan fingerprint density at radius 3 is 2.00 bits per heavy atom. The number of esters is 1. The first-order chi connectivity index (χ1) is 13.3. The molecule has 0 bridgehead atoms. The van der Waals surface area contributed by atoms with Crippen LogP contribution in [0.2, 0.25) is 5.04 Å². The predicted octanol–water partition coefficient (Wildman–Crippen LogP) is 3.85. The molecule has 28 heavy (non-hydrogen) atoms. The van der Waals surface area contributed by atoms with Gasteiger partial charge in [-0.1, -0.05) is 81.4 Å². The van der Waals surface area contributed by atoms with E-state index in [-0.39, 0.29) is 24.7 Å². The van der Waals surface area contributed by atoms with Crippen LogP contribution in [0.1, 0.15) is 34.1 Å². The summed E-state index contributed by atoms with van der Waals surface area (Å²) in [5, 5.41) is 2.12. The van der Waals surface area contributed by atoms with Crippen molar-refractivity contribution < 1.29 is 18.3 Å². The number of rotatable bonds is 7. The van der Waals surface area contributed by atoms with E-state index in [2.05, 4.69) is 45.0 Å². The lowest BCUT2D eigenvalue weighted by molar-refractivity contribution is -0.151. The zero-order valence-corrected chi connectivity index (χ0v) is 18.1. The van der Waals surface area contributed by atoms with E-state index in [9.17, 15) is 9.18 Å². The van der Waals surface area contributed by atoms with Crippen LogP contribution < -0.4 is 10.4 Å². The Bertz CT molecular complexity index is 764. The van der Waals surface area contributed by atoms with Crippen LogP contribution in [0.25, 0.3) is 0 Å². The maximum atomic E-state index is 14.9. The van der Waals surface area contributed by atoms with Gasteiger partial charge in [-0.05, 0) is 22.3 Å². The van der Waals surface area contributed by atoms with E-state index in [1.807, 2.05) is 36.4 Å². The first-order valence-corrected chi connectivity index (χ1v) is 11.8. The largest absolute Gasteiger partial charge is 0.464 e. The highest BCUT2D eigenvalue weighted by atomic mass is 28.4. The van der Waals surface area contributed by atoms with Gasteiger partial charge < -0.3 is 9.16 Å². The molecule has 0 aromatic heterocycles. The number of alkyl halides is 1. The summed E-state index contributed by atoms with van der Waals surface area (Å²) in [5.74, 6) is -1.21. The number of hydrogen-bond donors (Lipinski definition) is 0. The van der Waals surface area contributed by atoms with Gasteiger partial charge in [0.15, 0.2) is 0 Å². The molecule has 0 radical (unpaired) electrons. The number of halogens is 1. The molecular formula is C23H29FO3Si. The Labute approximate surface area is 168 Å². The summed E-state index contributed by atoms with van der Waals surface area (Å²) in [6, 6.07) is 20.5. The number of carbonyl (C=O) groups excluding carboxylic acids is 1. The first kappa shape index (κ1) is 20.7. The van der Waals surface area contributed by atoms with E-state index in [0.717, 1.165) is 10.4 Å². The van der Waals surface area contributed by atoms with Gasteiger partial charge in [0, 0.05) is 18.9 Å². The third kappa shape index (κ3) is 3.65. The second-order valence-corrected chi connectivity index (χ2v) is 12.8. The third-order valence-electron chi connectivity index (χ3n) is 5.56. The molecule has 1 aliphatic carbocycles. The molecule has 1 aliphatic rings. The SMILES string of the molecule is CCOC(=O)[C@]1(F)C[C@H]1CO[Si](c1ccccc1)(c1ccccc1)C(C)(C)C. The van der Waals surface area contributed by atoms with Crippen LogP contribution in [0.5, 0.6) is 0 Å². The third-order valence-corrected chi connectivity index (χ3v) is 10.6. The van der Waals surface area contributed by atoms with E-state index in [1.165, 1.54) is 0 Å². The number of hydrogen-bond acceptors (Lipinski definition) is 3. The highest BCUT2D eigenvalue weighted by Crippen LogP contribution is 2.49. The Morgan fingerprint density at radius 2 is 1.57 bits per heavy atom. The van der Waals surface area contributed by atoms with Gasteiger partial charge in [0.2, 0.25) is 5.67 Å². The average Bonchev–Trinajstić information content (AvgIpc) is 3.35. The molecule has 0 unspecified atom stereocenters. The monoisotopic (exact) mass is 400 g/mol. The molecule has 0 N–H and O–H groups in total. The van der Waals surface area contributed by atoms with E-state index in [0.29, 0.717) is 0 Å². The minimum Gasteiger partial charge on any atom is -0.464 e. The van der Waals surface area contributed by atoms with Gasteiger partial charge in [0.05, 0.1) is 6.61 Å². The summed E-state index contributed by atoms with van der Waals surface area (Å²) >= 11 is 0. The van der Waals surface area contributed by atoms with Gasteiger partial charge >= 0.3 is 5.97 Å². The van der Waals surface area contributed by atoms with Gasteiger partial charge in [-0.2, -0.15) is 0 Å². The summed E-state index contributed by atoms with van der Waals surface area (Å²) in [4.78, 5) is 12.0. The molecule has 2 atom stereocenters. The van der Waals surface area contributed by atoms with Gasteiger partial charge in [-0.3, -0.25) is 0 Å². The van der Waals surface area contributed by atoms with Gasteiger partial charge in [0.1, 0.15) is 0 Å². The Hall–Kier alpha value is -1.98. The lowest BCUT2D eigenvalue weighted by Gasteiger charge is -2.43. The van der Waals surface area contributed by atoms with Crippen LogP contribution in [-0.2, 0) is 14.0 Å². The van der Waals surface area contributed by atoms with Crippen molar-refractivity contribution >= 4 is 24.7 Å². The van der Waals surface area contributed by atoms with E-state index in [1.54, 1.807) is 6.92 Å². The minimum absolute atomic E-state index is 0.171. The molecule has 0 saturated heterocycles. The molecule has 1 saturated carbocycles. The second kappa shape index (κ2) is 7.80. The lowest BCUT2D eigenvalue weighted by Crippen LogP contribution is -2.66. The van der Waals surface area contributed by atoms with Crippen molar-refractivity contribution in [2.24, 2.45) is 5.92 Å². The van der Waals surface area contributed by atoms with E-state index >= 15 is 0 Å². The molecule has 0 aliphatic heterocycles. The second-order valence-electron chi connectivity index (χ2n) is 8.46. The minimum atomic E-state index is -2.71. The first-order valence-electron chi connectivity index (χ1n) is 9.87. The highest BCUT2D eigenvalue weighted by Gasteiger charge is 2.64. The predicted molar refractivity (Wildman–Crippen MR) is 112 cm³/mol. The fourth-order valence-corrected chi connectivity index (χ4v) is 8.59. The van der Waals surface area contributed by atoms with Crippen molar-refractivity contribution in [1.29, 1.82) is 0 Å².